The predicted octanol–water partition coefficient (Wildman–Crippen LogP) is 1.99. The Morgan fingerprint density at radius 2 is 1.81 bits per heavy atom. The van der Waals surface area contributed by atoms with E-state index in [1.807, 2.05) is 0 Å². The van der Waals surface area contributed by atoms with Crippen molar-refractivity contribution in [2.75, 3.05) is 23.3 Å². The number of carbonyl (C=O) groups excluding carboxylic acids is 3. The maximum atomic E-state index is 13.6. The number of nitrogens with zero attached hydrogens (tertiary/aromatic N) is 7. The minimum Gasteiger partial charge on any atom is -0.355 e. The Labute approximate surface area is 234 Å². The van der Waals surface area contributed by atoms with Crippen molar-refractivity contribution < 1.29 is 27.6 Å². The third kappa shape index (κ3) is 4.81. The third-order valence-corrected chi connectivity index (χ3v) is 7.58. The summed E-state index contributed by atoms with van der Waals surface area (Å²) in [6.45, 7) is 2.32. The van der Waals surface area contributed by atoms with E-state index in [0.717, 1.165) is 0 Å². The van der Waals surface area contributed by atoms with E-state index in [2.05, 4.69) is 30.9 Å². The minimum atomic E-state index is -4.71. The van der Waals surface area contributed by atoms with Crippen molar-refractivity contribution >= 4 is 45.8 Å². The van der Waals surface area contributed by atoms with Crippen molar-refractivity contribution in [1.29, 1.82) is 0 Å². The SMILES string of the molecule is Cc1nc2cccc(NC(=O)C3CCN(c4ccc5nnc(C(F)(F)F)n5n4)CC3)c2c(=O)n1C1CCC(=O)NC1=O. The molecule has 0 radical (unpaired) electrons. The van der Waals surface area contributed by atoms with E-state index in [1.54, 1.807) is 36.1 Å². The summed E-state index contributed by atoms with van der Waals surface area (Å²) < 4.78 is 41.7. The zero-order valence-corrected chi connectivity index (χ0v) is 22.2. The minimum absolute atomic E-state index is 0.0308. The number of amides is 3. The fraction of sp³-hybridized carbons (Fsp3) is 0.385. The monoisotopic (exact) mass is 583 g/mol. The van der Waals surface area contributed by atoms with Gasteiger partial charge in [-0.1, -0.05) is 6.07 Å². The van der Waals surface area contributed by atoms with Gasteiger partial charge in [0.15, 0.2) is 5.65 Å². The molecule has 3 aromatic heterocycles. The molecule has 6 rings (SSSR count). The number of carbonyl (C=O) groups is 3. The summed E-state index contributed by atoms with van der Waals surface area (Å²) in [6.07, 6.45) is -3.69. The van der Waals surface area contributed by atoms with Crippen LogP contribution in [0.3, 0.4) is 0 Å². The van der Waals surface area contributed by atoms with Gasteiger partial charge >= 0.3 is 6.18 Å². The van der Waals surface area contributed by atoms with Crippen LogP contribution < -0.4 is 21.1 Å². The number of imide groups is 1. The summed E-state index contributed by atoms with van der Waals surface area (Å²) in [7, 11) is 0. The van der Waals surface area contributed by atoms with Crippen molar-refractivity contribution in [3.05, 3.63) is 52.3 Å². The van der Waals surface area contributed by atoms with Crippen molar-refractivity contribution in [2.24, 2.45) is 5.92 Å². The molecule has 2 aliphatic heterocycles. The van der Waals surface area contributed by atoms with Gasteiger partial charge in [0.2, 0.25) is 17.7 Å². The van der Waals surface area contributed by atoms with Crippen LogP contribution >= 0.6 is 0 Å². The molecular formula is C26H24F3N9O4. The lowest BCUT2D eigenvalue weighted by molar-refractivity contribution is -0.146. The number of aryl methyl sites for hydroxylation is 1. The Kier molecular flexibility index (Phi) is 6.62. The largest absolute Gasteiger partial charge is 0.453 e. The first-order valence-corrected chi connectivity index (χ1v) is 13.2. The van der Waals surface area contributed by atoms with Crippen LogP contribution in [0.5, 0.6) is 0 Å². The first-order valence-electron chi connectivity index (χ1n) is 13.2. The zero-order chi connectivity index (χ0) is 29.8. The van der Waals surface area contributed by atoms with Gasteiger partial charge in [0, 0.05) is 25.4 Å². The first kappa shape index (κ1) is 27.3. The molecule has 16 heteroatoms. The van der Waals surface area contributed by atoms with Gasteiger partial charge in [0.25, 0.3) is 11.4 Å². The lowest BCUT2D eigenvalue weighted by Gasteiger charge is -2.32. The molecule has 5 heterocycles. The molecule has 3 amide bonds. The average Bonchev–Trinajstić information content (AvgIpc) is 3.38. The van der Waals surface area contributed by atoms with Crippen LogP contribution in [0.25, 0.3) is 16.6 Å². The van der Waals surface area contributed by atoms with Crippen LogP contribution in [-0.4, -0.2) is 60.2 Å². The molecule has 2 fully saturated rings. The van der Waals surface area contributed by atoms with Gasteiger partial charge in [-0.3, -0.25) is 29.1 Å². The number of alkyl halides is 3. The second-order valence-electron chi connectivity index (χ2n) is 10.2. The van der Waals surface area contributed by atoms with E-state index in [-0.39, 0.29) is 35.5 Å². The number of hydrogen-bond acceptors (Lipinski definition) is 9. The quantitative estimate of drug-likeness (QED) is 0.343. The van der Waals surface area contributed by atoms with Gasteiger partial charge in [0.1, 0.15) is 17.7 Å². The predicted molar refractivity (Wildman–Crippen MR) is 142 cm³/mol. The van der Waals surface area contributed by atoms with Gasteiger partial charge in [-0.15, -0.1) is 15.3 Å². The number of hydrogen-bond donors (Lipinski definition) is 2. The highest BCUT2D eigenvalue weighted by atomic mass is 19.4. The van der Waals surface area contributed by atoms with Gasteiger partial charge in [-0.2, -0.15) is 17.7 Å². The summed E-state index contributed by atoms with van der Waals surface area (Å²) >= 11 is 0. The first-order chi connectivity index (χ1) is 20.0. The molecular weight excluding hydrogens is 559 g/mol. The number of piperidine rings is 2. The van der Waals surface area contributed by atoms with Gasteiger partial charge in [-0.05, 0) is 50.5 Å². The number of anilines is 2. The van der Waals surface area contributed by atoms with E-state index in [9.17, 15) is 32.3 Å². The van der Waals surface area contributed by atoms with E-state index in [0.29, 0.717) is 47.6 Å². The number of rotatable bonds is 4. The summed E-state index contributed by atoms with van der Waals surface area (Å²) in [5.74, 6) is -2.36. The lowest BCUT2D eigenvalue weighted by Crippen LogP contribution is -2.45. The molecule has 2 N–H and O–H groups in total. The van der Waals surface area contributed by atoms with Crippen LogP contribution in [0.4, 0.5) is 24.7 Å². The third-order valence-electron chi connectivity index (χ3n) is 7.58. The average molecular weight is 584 g/mol. The molecule has 1 aromatic carbocycles. The van der Waals surface area contributed by atoms with Crippen LogP contribution in [0.2, 0.25) is 0 Å². The van der Waals surface area contributed by atoms with Crippen molar-refractivity contribution in [3.8, 4) is 0 Å². The molecule has 0 saturated carbocycles. The molecule has 0 aliphatic carbocycles. The number of nitrogens with one attached hydrogen (secondary N) is 2. The van der Waals surface area contributed by atoms with Crippen LogP contribution in [0.15, 0.2) is 35.1 Å². The van der Waals surface area contributed by atoms with Crippen molar-refractivity contribution in [3.63, 3.8) is 0 Å². The topological polar surface area (TPSA) is 156 Å². The molecule has 218 valence electrons. The molecule has 1 unspecified atom stereocenters. The van der Waals surface area contributed by atoms with E-state index < -0.39 is 41.3 Å². The summed E-state index contributed by atoms with van der Waals surface area (Å²) in [5.41, 5.74) is 0.0587. The number of aromatic nitrogens is 6. The van der Waals surface area contributed by atoms with Gasteiger partial charge in [-0.25, -0.2) is 4.98 Å². The Morgan fingerprint density at radius 3 is 2.52 bits per heavy atom. The highest BCUT2D eigenvalue weighted by Gasteiger charge is 2.38. The summed E-state index contributed by atoms with van der Waals surface area (Å²) in [4.78, 5) is 57.3. The van der Waals surface area contributed by atoms with Crippen LogP contribution in [-0.2, 0) is 20.6 Å². The second-order valence-corrected chi connectivity index (χ2v) is 10.2. The number of fused-ring (bicyclic) bond motifs is 2. The second kappa shape index (κ2) is 10.2. The van der Waals surface area contributed by atoms with E-state index >= 15 is 0 Å². The number of halogens is 3. The highest BCUT2D eigenvalue weighted by molar-refractivity contribution is 6.02. The molecule has 0 spiro atoms. The summed E-state index contributed by atoms with van der Waals surface area (Å²) in [6, 6.07) is 6.93. The zero-order valence-electron chi connectivity index (χ0n) is 22.2. The summed E-state index contributed by atoms with van der Waals surface area (Å²) in [5, 5.41) is 16.0. The molecule has 42 heavy (non-hydrogen) atoms. The number of benzene rings is 1. The fourth-order valence-corrected chi connectivity index (χ4v) is 5.48. The molecule has 2 aliphatic rings. The molecule has 13 nitrogen and oxygen atoms in total. The Hall–Kier alpha value is -4.89. The maximum absolute atomic E-state index is 13.6. The lowest BCUT2D eigenvalue weighted by atomic mass is 9.95. The van der Waals surface area contributed by atoms with Crippen LogP contribution in [0, 0.1) is 12.8 Å². The standard InChI is InChI=1S/C26H24F3N9O4/c1-13-30-15-3-2-4-16(21(15)24(42)37(13)17-5-8-20(39)32-23(17)41)31-22(40)14-9-11-36(12-10-14)19-7-6-18-33-34-25(26(27,28)29)38(18)35-19/h2-4,6-7,14,17H,5,8-12H2,1H3,(H,31,40)(H,32,39,41). The Bertz CT molecular complexity index is 1810. The highest BCUT2D eigenvalue weighted by Crippen LogP contribution is 2.29. The van der Waals surface area contributed by atoms with Crippen molar-refractivity contribution in [2.45, 2.75) is 44.8 Å². The Balaban J connectivity index is 1.20. The fourth-order valence-electron chi connectivity index (χ4n) is 5.48. The maximum Gasteiger partial charge on any atom is 0.453 e. The van der Waals surface area contributed by atoms with Crippen molar-refractivity contribution in [1.82, 2.24) is 34.7 Å². The smallest absolute Gasteiger partial charge is 0.355 e. The normalized spacial score (nSPS) is 18.5. The Morgan fingerprint density at radius 1 is 1.05 bits per heavy atom. The molecule has 4 aromatic rings. The molecule has 1 atom stereocenters. The molecule has 2 saturated heterocycles. The molecule has 0 bridgehead atoms. The van der Waals surface area contributed by atoms with Gasteiger partial charge in [0.05, 0.1) is 16.6 Å². The van der Waals surface area contributed by atoms with Crippen LogP contribution in [0.1, 0.15) is 43.4 Å². The van der Waals surface area contributed by atoms with E-state index in [1.165, 1.54) is 10.6 Å². The van der Waals surface area contributed by atoms with E-state index in [4.69, 9.17) is 0 Å². The van der Waals surface area contributed by atoms with Gasteiger partial charge < -0.3 is 10.2 Å².